The quantitative estimate of drug-likeness (QED) is 0.0694. The molecule has 4 atom stereocenters. The van der Waals surface area contributed by atoms with Crippen molar-refractivity contribution in [3.8, 4) is 0 Å². The fraction of sp³-hybridized carbons (Fsp3) is 0.613. The molecule has 2 rings (SSSR count). The minimum absolute atomic E-state index is 0.0208. The molecule has 15 heteroatoms. The Kier molecular flexibility index (Phi) is 18.4. The highest BCUT2D eigenvalue weighted by Gasteiger charge is 2.44. The fourth-order valence-electron chi connectivity index (χ4n) is 4.92. The number of ether oxygens (including phenoxy) is 3. The van der Waals surface area contributed by atoms with Gasteiger partial charge < -0.3 is 40.4 Å². The summed E-state index contributed by atoms with van der Waals surface area (Å²) in [6.07, 6.45) is 3.51. The number of rotatable bonds is 23. The van der Waals surface area contributed by atoms with Crippen LogP contribution in [0.2, 0.25) is 0 Å². The standard InChI is InChI=1S/C31H47N5O9S/c1-22-19-25(35-29(40)24(34-21-37)11-18-46-3)31(42)36(22)26(20-23-7-5-4-6-8-23)30(41)33-13-15-45-17-16-44-14-12-32-27(38)9-10-28(39)43-2/h4-8,21-22,24-26H,9-20H2,1-3H3,(H,32,38)(H,33,41)(H,34,37)(H,35,40)/t22?,24-,25-,26-/m0/s1. The van der Waals surface area contributed by atoms with Gasteiger partial charge in [0, 0.05) is 32.0 Å². The van der Waals surface area contributed by atoms with Crippen molar-refractivity contribution in [3.05, 3.63) is 35.9 Å². The van der Waals surface area contributed by atoms with Crippen LogP contribution in [0.3, 0.4) is 0 Å². The summed E-state index contributed by atoms with van der Waals surface area (Å²) in [5.74, 6) is -1.16. The summed E-state index contributed by atoms with van der Waals surface area (Å²) in [4.78, 5) is 75.2. The van der Waals surface area contributed by atoms with E-state index in [0.29, 0.717) is 38.0 Å². The van der Waals surface area contributed by atoms with E-state index in [1.54, 1.807) is 16.7 Å². The first kappa shape index (κ1) is 38.5. The van der Waals surface area contributed by atoms with Gasteiger partial charge in [-0.3, -0.25) is 28.8 Å². The number of esters is 1. The Balaban J connectivity index is 1.84. The van der Waals surface area contributed by atoms with Gasteiger partial charge in [-0.25, -0.2) is 0 Å². The van der Waals surface area contributed by atoms with Gasteiger partial charge in [-0.2, -0.15) is 11.8 Å². The van der Waals surface area contributed by atoms with Crippen molar-refractivity contribution in [2.24, 2.45) is 0 Å². The average Bonchev–Trinajstić information content (AvgIpc) is 3.33. The fourth-order valence-corrected chi connectivity index (χ4v) is 5.40. The van der Waals surface area contributed by atoms with Crippen molar-refractivity contribution in [3.63, 3.8) is 0 Å². The molecule has 1 unspecified atom stereocenters. The van der Waals surface area contributed by atoms with E-state index < -0.39 is 30.0 Å². The van der Waals surface area contributed by atoms with E-state index in [1.165, 1.54) is 7.11 Å². The van der Waals surface area contributed by atoms with Crippen molar-refractivity contribution in [2.75, 3.05) is 58.6 Å². The van der Waals surface area contributed by atoms with Crippen LogP contribution >= 0.6 is 11.8 Å². The second-order valence-electron chi connectivity index (χ2n) is 10.7. The maximum Gasteiger partial charge on any atom is 0.306 e. The van der Waals surface area contributed by atoms with Crippen LogP contribution in [0, 0.1) is 0 Å². The molecule has 0 bridgehead atoms. The summed E-state index contributed by atoms with van der Waals surface area (Å²) < 4.78 is 15.5. The first-order chi connectivity index (χ1) is 22.2. The molecular formula is C31H47N5O9S. The molecule has 4 N–H and O–H groups in total. The van der Waals surface area contributed by atoms with E-state index in [0.717, 1.165) is 5.56 Å². The van der Waals surface area contributed by atoms with E-state index in [9.17, 15) is 28.8 Å². The minimum Gasteiger partial charge on any atom is -0.469 e. The normalized spacial score (nSPS) is 17.1. The topological polar surface area (TPSA) is 181 Å². The van der Waals surface area contributed by atoms with Gasteiger partial charge in [0.05, 0.1) is 40.0 Å². The molecule has 1 aromatic carbocycles. The number of benzene rings is 1. The van der Waals surface area contributed by atoms with Gasteiger partial charge in [0.25, 0.3) is 0 Å². The number of thioether (sulfide) groups is 1. The summed E-state index contributed by atoms with van der Waals surface area (Å²) in [6, 6.07) is 6.71. The molecule has 1 saturated heterocycles. The number of nitrogens with one attached hydrogen (secondary N) is 4. The minimum atomic E-state index is -0.810. The van der Waals surface area contributed by atoms with Gasteiger partial charge in [0.1, 0.15) is 18.1 Å². The molecule has 14 nitrogen and oxygen atoms in total. The van der Waals surface area contributed by atoms with Crippen LogP contribution in [-0.2, 0) is 49.4 Å². The molecular weight excluding hydrogens is 618 g/mol. The van der Waals surface area contributed by atoms with Gasteiger partial charge in [-0.15, -0.1) is 0 Å². The number of amides is 5. The second-order valence-corrected chi connectivity index (χ2v) is 11.6. The zero-order chi connectivity index (χ0) is 33.7. The third kappa shape index (κ3) is 13.7. The Morgan fingerprint density at radius 3 is 2.30 bits per heavy atom. The number of hydrogen-bond acceptors (Lipinski definition) is 10. The molecule has 1 fully saturated rings. The van der Waals surface area contributed by atoms with Crippen molar-refractivity contribution in [1.82, 2.24) is 26.2 Å². The van der Waals surface area contributed by atoms with Gasteiger partial charge in [0.2, 0.25) is 30.0 Å². The Morgan fingerprint density at radius 2 is 1.67 bits per heavy atom. The Bertz CT molecular complexity index is 1130. The first-order valence-electron chi connectivity index (χ1n) is 15.3. The van der Waals surface area contributed by atoms with Crippen LogP contribution in [0.5, 0.6) is 0 Å². The lowest BCUT2D eigenvalue weighted by atomic mass is 10.0. The number of methoxy groups -OCH3 is 1. The van der Waals surface area contributed by atoms with Crippen LogP contribution in [0.15, 0.2) is 30.3 Å². The predicted molar refractivity (Wildman–Crippen MR) is 172 cm³/mol. The predicted octanol–water partition coefficient (Wildman–Crippen LogP) is -0.210. The summed E-state index contributed by atoms with van der Waals surface area (Å²) in [5.41, 5.74) is 0.885. The van der Waals surface area contributed by atoms with Crippen LogP contribution in [0.25, 0.3) is 0 Å². The monoisotopic (exact) mass is 665 g/mol. The van der Waals surface area contributed by atoms with Gasteiger partial charge in [0.15, 0.2) is 0 Å². The SMILES string of the molecule is COC(=O)CCC(=O)NCCOCCOCCNC(=O)[C@H](Cc1ccccc1)N1C(=O)[C@@H](NC(=O)[C@H](CCSC)NC=O)CC1C. The van der Waals surface area contributed by atoms with Crippen LogP contribution in [0.4, 0.5) is 0 Å². The summed E-state index contributed by atoms with van der Waals surface area (Å²) >= 11 is 1.55. The molecule has 0 saturated carbocycles. The van der Waals surface area contributed by atoms with Gasteiger partial charge in [-0.1, -0.05) is 30.3 Å². The van der Waals surface area contributed by atoms with E-state index in [2.05, 4.69) is 26.0 Å². The zero-order valence-corrected chi connectivity index (χ0v) is 27.6. The van der Waals surface area contributed by atoms with E-state index in [1.807, 2.05) is 43.5 Å². The molecule has 1 aromatic rings. The Morgan fingerprint density at radius 1 is 1.00 bits per heavy atom. The third-order valence-electron chi connectivity index (χ3n) is 7.30. The van der Waals surface area contributed by atoms with E-state index in [-0.39, 0.29) is 69.6 Å². The molecule has 0 spiro atoms. The molecule has 0 aromatic heterocycles. The van der Waals surface area contributed by atoms with Crippen LogP contribution < -0.4 is 21.3 Å². The number of hydrogen-bond donors (Lipinski definition) is 4. The molecule has 1 aliphatic rings. The van der Waals surface area contributed by atoms with Crippen molar-refractivity contribution in [1.29, 1.82) is 0 Å². The molecule has 0 aliphatic carbocycles. The van der Waals surface area contributed by atoms with E-state index in [4.69, 9.17) is 9.47 Å². The molecule has 46 heavy (non-hydrogen) atoms. The second kappa shape index (κ2) is 21.9. The lowest BCUT2D eigenvalue weighted by molar-refractivity contribution is -0.142. The number of likely N-dealkylation sites (tertiary alicyclic amines) is 1. The smallest absolute Gasteiger partial charge is 0.306 e. The Labute approximate surface area is 274 Å². The number of carbonyl (C=O) groups excluding carboxylic acids is 6. The Hall–Kier alpha value is -3.69. The largest absolute Gasteiger partial charge is 0.469 e. The highest BCUT2D eigenvalue weighted by atomic mass is 32.2. The third-order valence-corrected chi connectivity index (χ3v) is 7.94. The highest BCUT2D eigenvalue weighted by Crippen LogP contribution is 2.24. The van der Waals surface area contributed by atoms with Crippen molar-refractivity contribution in [2.45, 2.75) is 63.2 Å². The molecule has 5 amide bonds. The maximum atomic E-state index is 13.6. The number of nitrogens with zero attached hydrogens (tertiary/aromatic N) is 1. The number of carbonyl (C=O) groups is 6. The average molecular weight is 666 g/mol. The highest BCUT2D eigenvalue weighted by molar-refractivity contribution is 7.98. The molecule has 256 valence electrons. The summed E-state index contributed by atoms with van der Waals surface area (Å²) in [7, 11) is 1.27. The van der Waals surface area contributed by atoms with Crippen molar-refractivity contribution >= 4 is 47.8 Å². The molecule has 1 heterocycles. The maximum absolute atomic E-state index is 13.6. The van der Waals surface area contributed by atoms with E-state index >= 15 is 0 Å². The van der Waals surface area contributed by atoms with Gasteiger partial charge in [-0.05, 0) is 37.3 Å². The van der Waals surface area contributed by atoms with Crippen molar-refractivity contribution < 1.29 is 43.0 Å². The molecule has 0 radical (unpaired) electrons. The van der Waals surface area contributed by atoms with Gasteiger partial charge >= 0.3 is 5.97 Å². The summed E-state index contributed by atoms with van der Waals surface area (Å²) in [5, 5.41) is 10.8. The van der Waals surface area contributed by atoms with Crippen LogP contribution in [0.1, 0.15) is 38.2 Å². The lowest BCUT2D eigenvalue weighted by Crippen LogP contribution is -2.54. The first-order valence-corrected chi connectivity index (χ1v) is 16.7. The zero-order valence-electron chi connectivity index (χ0n) is 26.8. The molecule has 1 aliphatic heterocycles. The van der Waals surface area contributed by atoms with Crippen LogP contribution in [-0.4, -0.2) is 124 Å². The summed E-state index contributed by atoms with van der Waals surface area (Å²) in [6.45, 7) is 3.43. The lowest BCUT2D eigenvalue weighted by Gasteiger charge is -2.31.